The molecule has 3 fully saturated rings. The highest BCUT2D eigenvalue weighted by atomic mass is 19.4. The van der Waals surface area contributed by atoms with Crippen molar-refractivity contribution in [3.05, 3.63) is 47.0 Å². The molecule has 0 amide bonds. The fourth-order valence-electron chi connectivity index (χ4n) is 6.92. The van der Waals surface area contributed by atoms with E-state index in [1.807, 2.05) is 0 Å². The Morgan fingerprint density at radius 2 is 1.22 bits per heavy atom. The molecule has 0 radical (unpaired) electrons. The zero-order valence-corrected chi connectivity index (χ0v) is 21.4. The van der Waals surface area contributed by atoms with Crippen LogP contribution in [-0.4, -0.2) is 6.18 Å². The van der Waals surface area contributed by atoms with Crippen molar-refractivity contribution in [2.24, 2.45) is 29.6 Å². The zero-order chi connectivity index (χ0) is 25.7. The van der Waals surface area contributed by atoms with Gasteiger partial charge in [0.05, 0.1) is 5.56 Å². The summed E-state index contributed by atoms with van der Waals surface area (Å²) in [5.41, 5.74) is -0.285. The number of benzene rings is 1. The Labute approximate surface area is 213 Å². The minimum Gasteiger partial charge on any atom is -0.206 e. The van der Waals surface area contributed by atoms with Crippen molar-refractivity contribution in [2.75, 3.05) is 0 Å². The molecule has 0 atom stereocenters. The molecule has 0 bridgehead atoms. The molecular weight excluding hydrogens is 467 g/mol. The molecule has 0 saturated heterocycles. The van der Waals surface area contributed by atoms with Crippen LogP contribution in [-0.2, 0) is 0 Å². The van der Waals surface area contributed by atoms with Crippen LogP contribution in [0.3, 0.4) is 0 Å². The Morgan fingerprint density at radius 3 is 1.69 bits per heavy atom. The van der Waals surface area contributed by atoms with E-state index in [-0.39, 0.29) is 5.92 Å². The molecule has 1 aromatic carbocycles. The first-order valence-corrected chi connectivity index (χ1v) is 14.0. The third-order valence-corrected chi connectivity index (χ3v) is 9.24. The van der Waals surface area contributed by atoms with Crippen LogP contribution in [0.5, 0.6) is 0 Å². The molecule has 1 aromatic rings. The molecule has 5 heteroatoms. The Bertz CT molecular complexity index is 918. The van der Waals surface area contributed by atoms with Gasteiger partial charge in [0.15, 0.2) is 0 Å². The van der Waals surface area contributed by atoms with Crippen molar-refractivity contribution in [1.82, 2.24) is 0 Å². The van der Waals surface area contributed by atoms with Gasteiger partial charge in [0.1, 0.15) is 11.6 Å². The Morgan fingerprint density at radius 1 is 0.750 bits per heavy atom. The van der Waals surface area contributed by atoms with E-state index in [1.165, 1.54) is 57.8 Å². The van der Waals surface area contributed by atoms with E-state index in [0.717, 1.165) is 61.5 Å². The van der Waals surface area contributed by atoms with E-state index in [2.05, 4.69) is 19.1 Å². The summed E-state index contributed by atoms with van der Waals surface area (Å²) in [6.45, 7) is 2.33. The second kappa shape index (κ2) is 12.1. The van der Waals surface area contributed by atoms with E-state index < -0.39 is 23.4 Å². The van der Waals surface area contributed by atoms with E-state index >= 15 is 0 Å². The lowest BCUT2D eigenvalue weighted by Gasteiger charge is -2.37. The number of allylic oxidation sites excluding steroid dienone is 2. The highest BCUT2D eigenvalue weighted by molar-refractivity contribution is 5.40. The predicted molar refractivity (Wildman–Crippen MR) is 134 cm³/mol. The first-order valence-electron chi connectivity index (χ1n) is 14.0. The van der Waals surface area contributed by atoms with Crippen LogP contribution in [0, 0.1) is 53.1 Å². The van der Waals surface area contributed by atoms with E-state index in [4.69, 9.17) is 0 Å². The zero-order valence-electron chi connectivity index (χ0n) is 21.4. The predicted octanol–water partition coefficient (Wildman–Crippen LogP) is 9.73. The minimum absolute atomic E-state index is 0.0292. The minimum atomic E-state index is -4.78. The van der Waals surface area contributed by atoms with Gasteiger partial charge in [0.2, 0.25) is 0 Å². The van der Waals surface area contributed by atoms with Crippen LogP contribution >= 0.6 is 0 Å². The standard InChI is InChI=1S/C31H39F5/c1-2-21-5-11-24(12-6-21)25-13-7-22(8-14-25)3-4-23-9-15-26(16-10-23)27-19-29(32)28(30(33)20-27)17-18-31(34,35)36/h3-4,19-26H,2,5-16H2,1H3/b4-3+. The molecule has 0 spiro atoms. The molecule has 198 valence electrons. The lowest BCUT2D eigenvalue weighted by atomic mass is 9.69. The van der Waals surface area contributed by atoms with Crippen molar-refractivity contribution in [3.63, 3.8) is 0 Å². The van der Waals surface area contributed by atoms with E-state index in [0.29, 0.717) is 17.4 Å². The molecule has 3 aliphatic rings. The lowest BCUT2D eigenvalue weighted by molar-refractivity contribution is -0.0696. The molecule has 0 heterocycles. The smallest absolute Gasteiger partial charge is 0.206 e. The lowest BCUT2D eigenvalue weighted by Crippen LogP contribution is -2.25. The van der Waals surface area contributed by atoms with Crippen molar-refractivity contribution in [1.29, 1.82) is 0 Å². The van der Waals surface area contributed by atoms with Gasteiger partial charge in [-0.2, -0.15) is 13.2 Å². The van der Waals surface area contributed by atoms with Gasteiger partial charge in [-0.1, -0.05) is 44.3 Å². The summed E-state index contributed by atoms with van der Waals surface area (Å²) in [5.74, 6) is 4.56. The van der Waals surface area contributed by atoms with Crippen LogP contribution in [0.15, 0.2) is 24.3 Å². The van der Waals surface area contributed by atoms with Crippen molar-refractivity contribution < 1.29 is 22.0 Å². The average Bonchev–Trinajstić information content (AvgIpc) is 2.87. The SMILES string of the molecule is CCC1CCC(C2CCC(/C=C/C3CCC(c4cc(F)c(C#CC(F)(F)F)c(F)c4)CC3)CC2)CC1. The first kappa shape index (κ1) is 27.2. The Hall–Kier alpha value is -1.83. The van der Waals surface area contributed by atoms with Crippen LogP contribution in [0.1, 0.15) is 107 Å². The Balaban J connectivity index is 1.23. The molecule has 0 nitrogen and oxygen atoms in total. The largest absolute Gasteiger partial charge is 0.458 e. The van der Waals surface area contributed by atoms with Gasteiger partial charge < -0.3 is 0 Å². The maximum atomic E-state index is 14.3. The fourth-order valence-corrected chi connectivity index (χ4v) is 6.92. The van der Waals surface area contributed by atoms with Gasteiger partial charge in [-0.3, -0.25) is 0 Å². The normalized spacial score (nSPS) is 31.7. The fraction of sp³-hybridized carbons (Fsp3) is 0.677. The highest BCUT2D eigenvalue weighted by Gasteiger charge is 2.30. The van der Waals surface area contributed by atoms with Crippen molar-refractivity contribution in [3.8, 4) is 11.8 Å². The van der Waals surface area contributed by atoms with Crippen LogP contribution in [0.4, 0.5) is 22.0 Å². The second-order valence-electron chi connectivity index (χ2n) is 11.5. The van der Waals surface area contributed by atoms with Gasteiger partial charge in [-0.15, -0.1) is 0 Å². The van der Waals surface area contributed by atoms with Crippen LogP contribution < -0.4 is 0 Å². The van der Waals surface area contributed by atoms with Gasteiger partial charge in [-0.05, 0) is 117 Å². The summed E-state index contributed by atoms with van der Waals surface area (Å²) in [4.78, 5) is 0. The van der Waals surface area contributed by atoms with E-state index in [1.54, 1.807) is 5.92 Å². The van der Waals surface area contributed by atoms with Crippen LogP contribution in [0.2, 0.25) is 0 Å². The quantitative estimate of drug-likeness (QED) is 0.212. The molecule has 4 rings (SSSR count). The highest BCUT2D eigenvalue weighted by Crippen LogP contribution is 2.43. The molecule has 0 aromatic heterocycles. The maximum absolute atomic E-state index is 14.3. The summed E-state index contributed by atoms with van der Waals surface area (Å²) < 4.78 is 65.5. The molecule has 0 N–H and O–H groups in total. The average molecular weight is 507 g/mol. The van der Waals surface area contributed by atoms with Crippen molar-refractivity contribution >= 4 is 0 Å². The molecule has 3 aliphatic carbocycles. The first-order chi connectivity index (χ1) is 17.2. The third-order valence-electron chi connectivity index (χ3n) is 9.24. The van der Waals surface area contributed by atoms with Gasteiger partial charge in [0, 0.05) is 5.92 Å². The van der Waals surface area contributed by atoms with Gasteiger partial charge >= 0.3 is 6.18 Å². The summed E-state index contributed by atoms with van der Waals surface area (Å²) in [6, 6.07) is 2.33. The number of alkyl halides is 3. The number of hydrogen-bond donors (Lipinski definition) is 0. The van der Waals surface area contributed by atoms with Crippen LogP contribution in [0.25, 0.3) is 0 Å². The number of rotatable bonds is 5. The maximum Gasteiger partial charge on any atom is 0.458 e. The number of halogens is 5. The second-order valence-corrected chi connectivity index (χ2v) is 11.5. The summed E-state index contributed by atoms with van der Waals surface area (Å²) in [6.07, 6.45) is 16.0. The van der Waals surface area contributed by atoms with Gasteiger partial charge in [-0.25, -0.2) is 8.78 Å². The van der Waals surface area contributed by atoms with E-state index in [9.17, 15) is 22.0 Å². The topological polar surface area (TPSA) is 0 Å². The molecule has 3 saturated carbocycles. The monoisotopic (exact) mass is 506 g/mol. The molecule has 0 aliphatic heterocycles. The molecule has 36 heavy (non-hydrogen) atoms. The van der Waals surface area contributed by atoms with Gasteiger partial charge in [0.25, 0.3) is 0 Å². The third kappa shape index (κ3) is 7.36. The molecular formula is C31H39F5. The summed E-state index contributed by atoms with van der Waals surface area (Å²) in [7, 11) is 0. The summed E-state index contributed by atoms with van der Waals surface area (Å²) in [5, 5.41) is 0. The Kier molecular flexibility index (Phi) is 9.18. The van der Waals surface area contributed by atoms with Crippen molar-refractivity contribution in [2.45, 2.75) is 102 Å². The summed E-state index contributed by atoms with van der Waals surface area (Å²) >= 11 is 0. The number of hydrogen-bond acceptors (Lipinski definition) is 0. The molecule has 0 unspecified atom stereocenters.